The number of carbonyl (C=O) groups is 4. The van der Waals surface area contributed by atoms with Crippen LogP contribution >= 0.6 is 0 Å². The molecule has 1 aliphatic heterocycles. The van der Waals surface area contributed by atoms with Crippen LogP contribution in [0.3, 0.4) is 0 Å². The van der Waals surface area contributed by atoms with Crippen molar-refractivity contribution < 1.29 is 19.2 Å². The number of likely N-dealkylation sites (tertiary alicyclic amines) is 1. The van der Waals surface area contributed by atoms with Crippen molar-refractivity contribution in [2.24, 2.45) is 23.7 Å². The van der Waals surface area contributed by atoms with Gasteiger partial charge in [0.15, 0.2) is 0 Å². The number of rotatable bonds is 2. The zero-order valence-corrected chi connectivity index (χ0v) is 12.5. The van der Waals surface area contributed by atoms with Crippen molar-refractivity contribution >= 4 is 23.6 Å². The lowest BCUT2D eigenvalue weighted by molar-refractivity contribution is -0.160. The van der Waals surface area contributed by atoms with Gasteiger partial charge in [0.2, 0.25) is 23.6 Å². The van der Waals surface area contributed by atoms with E-state index in [9.17, 15) is 19.2 Å². The molecule has 0 aromatic heterocycles. The molecule has 3 aliphatic rings. The number of amides is 4. The molecule has 0 N–H and O–H groups in total. The molecule has 0 aromatic carbocycles. The van der Waals surface area contributed by atoms with E-state index in [0.29, 0.717) is 12.3 Å². The van der Waals surface area contributed by atoms with Crippen molar-refractivity contribution in [3.8, 4) is 0 Å². The highest BCUT2D eigenvalue weighted by Crippen LogP contribution is 2.48. The van der Waals surface area contributed by atoms with Gasteiger partial charge in [0.1, 0.15) is 0 Å². The summed E-state index contributed by atoms with van der Waals surface area (Å²) in [5, 5.41) is 0. The normalized spacial score (nSPS) is 37.7. The Hall–Kier alpha value is -1.72. The van der Waals surface area contributed by atoms with Gasteiger partial charge >= 0.3 is 0 Å². The lowest BCUT2D eigenvalue weighted by Crippen LogP contribution is -2.56. The molecule has 3 atom stereocenters. The molecule has 3 rings (SSSR count). The van der Waals surface area contributed by atoms with Crippen LogP contribution in [0.1, 0.15) is 33.1 Å². The first-order chi connectivity index (χ1) is 9.82. The summed E-state index contributed by atoms with van der Waals surface area (Å²) in [4.78, 5) is 50.7. The molecule has 114 valence electrons. The monoisotopic (exact) mass is 292 g/mol. The molecule has 3 fully saturated rings. The van der Waals surface area contributed by atoms with Gasteiger partial charge < -0.3 is 0 Å². The molecule has 1 heterocycles. The Kier molecular flexibility index (Phi) is 3.15. The Bertz CT molecular complexity index is 538. The Labute approximate surface area is 123 Å². The smallest absolute Gasteiger partial charge is 0.233 e. The van der Waals surface area contributed by atoms with Crippen LogP contribution in [0.25, 0.3) is 0 Å². The Morgan fingerprint density at radius 2 is 1.76 bits per heavy atom. The van der Waals surface area contributed by atoms with Crippen LogP contribution < -0.4 is 0 Å². The van der Waals surface area contributed by atoms with Crippen LogP contribution in [0.4, 0.5) is 0 Å². The van der Waals surface area contributed by atoms with Crippen LogP contribution in [0.2, 0.25) is 0 Å². The van der Waals surface area contributed by atoms with Gasteiger partial charge in [-0.25, -0.2) is 0 Å². The van der Waals surface area contributed by atoms with Crippen molar-refractivity contribution in [3.05, 3.63) is 0 Å². The SMILES string of the molecule is CC(=O)N(C(=O)C1CC2C(=O)N(C)C(=O)C21)C1CC(C)C1. The second kappa shape index (κ2) is 4.64. The van der Waals surface area contributed by atoms with E-state index in [-0.39, 0.29) is 35.6 Å². The number of imide groups is 2. The largest absolute Gasteiger partial charge is 0.285 e. The minimum atomic E-state index is -0.547. The van der Waals surface area contributed by atoms with Crippen molar-refractivity contribution in [2.45, 2.75) is 39.2 Å². The summed E-state index contributed by atoms with van der Waals surface area (Å²) in [6.07, 6.45) is 2.06. The third-order valence-corrected chi connectivity index (χ3v) is 5.25. The first kappa shape index (κ1) is 14.2. The van der Waals surface area contributed by atoms with E-state index in [2.05, 4.69) is 6.92 Å². The summed E-state index contributed by atoms with van der Waals surface area (Å²) in [5.41, 5.74) is 0. The summed E-state index contributed by atoms with van der Waals surface area (Å²) in [6.45, 7) is 3.48. The molecule has 0 spiro atoms. The summed E-state index contributed by atoms with van der Waals surface area (Å²) in [7, 11) is 1.46. The number of hydrogen-bond acceptors (Lipinski definition) is 4. The molecule has 2 aliphatic carbocycles. The van der Waals surface area contributed by atoms with Gasteiger partial charge in [-0.15, -0.1) is 0 Å². The number of hydrogen-bond donors (Lipinski definition) is 0. The van der Waals surface area contributed by atoms with Gasteiger partial charge in [0.05, 0.1) is 17.8 Å². The van der Waals surface area contributed by atoms with E-state index >= 15 is 0 Å². The highest BCUT2D eigenvalue weighted by Gasteiger charge is 2.61. The summed E-state index contributed by atoms with van der Waals surface area (Å²) >= 11 is 0. The molecule has 4 amide bonds. The number of carbonyl (C=O) groups excluding carboxylic acids is 4. The predicted molar refractivity (Wildman–Crippen MR) is 72.6 cm³/mol. The van der Waals surface area contributed by atoms with Gasteiger partial charge in [-0.1, -0.05) is 6.92 Å². The minimum absolute atomic E-state index is 0.0333. The summed E-state index contributed by atoms with van der Waals surface area (Å²) in [5.74, 6) is -1.88. The fraction of sp³-hybridized carbons (Fsp3) is 0.733. The van der Waals surface area contributed by atoms with Crippen LogP contribution in [0.15, 0.2) is 0 Å². The van der Waals surface area contributed by atoms with Crippen LogP contribution in [-0.4, -0.2) is 46.5 Å². The topological polar surface area (TPSA) is 74.8 Å². The maximum atomic E-state index is 12.6. The maximum Gasteiger partial charge on any atom is 0.233 e. The van der Waals surface area contributed by atoms with Crippen LogP contribution in [0.5, 0.6) is 0 Å². The van der Waals surface area contributed by atoms with Gasteiger partial charge in [-0.2, -0.15) is 0 Å². The first-order valence-corrected chi connectivity index (χ1v) is 7.48. The van der Waals surface area contributed by atoms with Crippen LogP contribution in [-0.2, 0) is 19.2 Å². The molecular formula is C15H20N2O4. The average Bonchev–Trinajstić information content (AvgIpc) is 2.48. The molecule has 0 bridgehead atoms. The van der Waals surface area contributed by atoms with E-state index in [1.165, 1.54) is 18.9 Å². The second-order valence-corrected chi connectivity index (χ2v) is 6.67. The molecule has 2 saturated carbocycles. The fourth-order valence-corrected chi connectivity index (χ4v) is 3.93. The molecule has 1 saturated heterocycles. The van der Waals surface area contributed by atoms with Gasteiger partial charge in [-0.3, -0.25) is 29.0 Å². The number of fused-ring (bicyclic) bond motifs is 1. The highest BCUT2D eigenvalue weighted by atomic mass is 16.2. The molecule has 6 nitrogen and oxygen atoms in total. The minimum Gasteiger partial charge on any atom is -0.285 e. The van der Waals surface area contributed by atoms with Crippen molar-refractivity contribution in [3.63, 3.8) is 0 Å². The molecule has 0 radical (unpaired) electrons. The van der Waals surface area contributed by atoms with E-state index in [1.807, 2.05) is 0 Å². The Morgan fingerprint density at radius 3 is 2.24 bits per heavy atom. The van der Waals surface area contributed by atoms with E-state index in [4.69, 9.17) is 0 Å². The zero-order chi connectivity index (χ0) is 15.5. The van der Waals surface area contributed by atoms with E-state index in [0.717, 1.165) is 17.7 Å². The third kappa shape index (κ3) is 1.92. The van der Waals surface area contributed by atoms with Crippen molar-refractivity contribution in [2.75, 3.05) is 7.05 Å². The van der Waals surface area contributed by atoms with Gasteiger partial charge in [-0.05, 0) is 25.2 Å². The Morgan fingerprint density at radius 1 is 1.14 bits per heavy atom. The highest BCUT2D eigenvalue weighted by molar-refractivity contribution is 6.10. The lowest BCUT2D eigenvalue weighted by atomic mass is 9.65. The second-order valence-electron chi connectivity index (χ2n) is 6.67. The summed E-state index contributed by atoms with van der Waals surface area (Å²) in [6, 6.07) is -0.0333. The number of nitrogens with zero attached hydrogens (tertiary/aromatic N) is 2. The van der Waals surface area contributed by atoms with E-state index in [1.54, 1.807) is 0 Å². The average molecular weight is 292 g/mol. The van der Waals surface area contributed by atoms with Crippen molar-refractivity contribution in [1.29, 1.82) is 0 Å². The molecule has 6 heteroatoms. The van der Waals surface area contributed by atoms with Gasteiger partial charge in [0.25, 0.3) is 0 Å². The quantitative estimate of drug-likeness (QED) is 0.691. The van der Waals surface area contributed by atoms with Gasteiger partial charge in [0, 0.05) is 20.0 Å². The molecule has 21 heavy (non-hydrogen) atoms. The van der Waals surface area contributed by atoms with Crippen molar-refractivity contribution in [1.82, 2.24) is 9.80 Å². The zero-order valence-electron chi connectivity index (χ0n) is 12.5. The Balaban J connectivity index is 1.75. The van der Waals surface area contributed by atoms with E-state index < -0.39 is 11.8 Å². The standard InChI is InChI=1S/C15H20N2O4/c1-7-4-9(5-7)17(8(2)18)14(20)11-6-10-12(11)15(21)16(3)13(10)19/h7,9-12H,4-6H2,1-3H3. The third-order valence-electron chi connectivity index (χ3n) is 5.25. The molecular weight excluding hydrogens is 272 g/mol. The maximum absolute atomic E-state index is 12.6. The molecule has 3 unspecified atom stereocenters. The predicted octanol–water partition coefficient (Wildman–Crippen LogP) is 0.411. The first-order valence-electron chi connectivity index (χ1n) is 7.48. The molecule has 0 aromatic rings. The lowest BCUT2D eigenvalue weighted by Gasteiger charge is -2.44. The summed E-state index contributed by atoms with van der Waals surface area (Å²) < 4.78 is 0. The van der Waals surface area contributed by atoms with Crippen LogP contribution in [0, 0.1) is 23.7 Å². The fourth-order valence-electron chi connectivity index (χ4n) is 3.93.